The summed E-state index contributed by atoms with van der Waals surface area (Å²) in [7, 11) is -3.56. The Morgan fingerprint density at radius 3 is 2.62 bits per heavy atom. The van der Waals surface area contributed by atoms with Gasteiger partial charge in [0.05, 0.1) is 17.9 Å². The van der Waals surface area contributed by atoms with Crippen molar-refractivity contribution in [3.05, 3.63) is 29.3 Å². The number of ether oxygens (including phenoxy) is 2. The van der Waals surface area contributed by atoms with E-state index in [1.165, 1.54) is 0 Å². The SMILES string of the molecule is CC(C)(C)OC(=O)N1CCC(CCOc2cccc3c2C(N)=NS(=O)(=O)C3)CC1. The number of carbonyl (C=O) groups excluding carboxylic acids is 1. The minimum absolute atomic E-state index is 0.0208. The Morgan fingerprint density at radius 2 is 1.97 bits per heavy atom. The summed E-state index contributed by atoms with van der Waals surface area (Å²) in [5, 5.41) is 0. The maximum absolute atomic E-state index is 12.1. The van der Waals surface area contributed by atoms with Crippen LogP contribution < -0.4 is 10.5 Å². The molecule has 2 N–H and O–H groups in total. The topological polar surface area (TPSA) is 111 Å². The van der Waals surface area contributed by atoms with Crippen molar-refractivity contribution in [2.24, 2.45) is 16.0 Å². The van der Waals surface area contributed by atoms with Crippen molar-refractivity contribution in [1.29, 1.82) is 0 Å². The highest BCUT2D eigenvalue weighted by atomic mass is 32.2. The predicted octanol–water partition coefficient (Wildman–Crippen LogP) is 2.65. The Labute approximate surface area is 172 Å². The van der Waals surface area contributed by atoms with Gasteiger partial charge < -0.3 is 20.1 Å². The molecule has 0 spiro atoms. The van der Waals surface area contributed by atoms with Crippen LogP contribution in [0.4, 0.5) is 4.79 Å². The molecule has 29 heavy (non-hydrogen) atoms. The van der Waals surface area contributed by atoms with Gasteiger partial charge in [0.1, 0.15) is 17.2 Å². The van der Waals surface area contributed by atoms with Crippen LogP contribution >= 0.6 is 0 Å². The first kappa shape index (κ1) is 21.4. The van der Waals surface area contributed by atoms with Crippen LogP contribution in [-0.4, -0.2) is 50.5 Å². The molecule has 1 saturated heterocycles. The van der Waals surface area contributed by atoms with E-state index in [1.807, 2.05) is 20.8 Å². The monoisotopic (exact) mass is 423 g/mol. The molecule has 2 aliphatic rings. The molecule has 1 aromatic carbocycles. The van der Waals surface area contributed by atoms with E-state index in [1.54, 1.807) is 23.1 Å². The predicted molar refractivity (Wildman–Crippen MR) is 110 cm³/mol. The van der Waals surface area contributed by atoms with Crippen molar-refractivity contribution in [3.63, 3.8) is 0 Å². The van der Waals surface area contributed by atoms with E-state index in [2.05, 4.69) is 4.40 Å². The number of carbonyl (C=O) groups is 1. The number of nitrogens with two attached hydrogens (primary N) is 1. The lowest BCUT2D eigenvalue weighted by molar-refractivity contribution is 0.0177. The smallest absolute Gasteiger partial charge is 0.410 e. The van der Waals surface area contributed by atoms with E-state index >= 15 is 0 Å². The number of benzene rings is 1. The van der Waals surface area contributed by atoms with Gasteiger partial charge in [0.25, 0.3) is 10.0 Å². The zero-order valence-corrected chi connectivity index (χ0v) is 18.0. The Hall–Kier alpha value is -2.29. The molecular weight excluding hydrogens is 394 g/mol. The van der Waals surface area contributed by atoms with Crippen LogP contribution in [-0.2, 0) is 20.5 Å². The van der Waals surface area contributed by atoms with Gasteiger partial charge in [-0.3, -0.25) is 0 Å². The highest BCUT2D eigenvalue weighted by molar-refractivity contribution is 7.89. The van der Waals surface area contributed by atoms with E-state index in [4.69, 9.17) is 15.2 Å². The number of nitrogens with zero attached hydrogens (tertiary/aromatic N) is 2. The largest absolute Gasteiger partial charge is 0.493 e. The summed E-state index contributed by atoms with van der Waals surface area (Å²) in [5.74, 6) is 0.834. The van der Waals surface area contributed by atoms with Crippen LogP contribution in [0.3, 0.4) is 0 Å². The molecule has 0 saturated carbocycles. The summed E-state index contributed by atoms with van der Waals surface area (Å²) < 4.78 is 38.5. The van der Waals surface area contributed by atoms with Crippen molar-refractivity contribution in [2.75, 3.05) is 19.7 Å². The molecule has 2 heterocycles. The zero-order valence-electron chi connectivity index (χ0n) is 17.2. The molecule has 9 heteroatoms. The number of hydrogen-bond acceptors (Lipinski definition) is 6. The summed E-state index contributed by atoms with van der Waals surface area (Å²) in [6, 6.07) is 5.28. The van der Waals surface area contributed by atoms with Gasteiger partial charge in [-0.1, -0.05) is 12.1 Å². The fourth-order valence-corrected chi connectivity index (χ4v) is 4.69. The van der Waals surface area contributed by atoms with Crippen molar-refractivity contribution in [3.8, 4) is 5.75 Å². The van der Waals surface area contributed by atoms with Crippen LogP contribution in [0.2, 0.25) is 0 Å². The average molecular weight is 424 g/mol. The second-order valence-corrected chi connectivity index (χ2v) is 10.2. The second kappa shape index (κ2) is 8.22. The molecule has 0 bridgehead atoms. The number of sulfonamides is 1. The van der Waals surface area contributed by atoms with E-state index in [0.717, 1.165) is 19.3 Å². The summed E-state index contributed by atoms with van der Waals surface area (Å²) in [6.45, 7) is 7.45. The van der Waals surface area contributed by atoms with E-state index in [0.29, 0.717) is 42.5 Å². The van der Waals surface area contributed by atoms with Gasteiger partial charge in [0, 0.05) is 13.1 Å². The molecule has 1 amide bonds. The van der Waals surface area contributed by atoms with Crippen LogP contribution in [0.1, 0.15) is 51.2 Å². The highest BCUT2D eigenvalue weighted by Gasteiger charge is 2.28. The summed E-state index contributed by atoms with van der Waals surface area (Å²) in [6.07, 6.45) is 2.39. The van der Waals surface area contributed by atoms with Crippen molar-refractivity contribution < 1.29 is 22.7 Å². The summed E-state index contributed by atoms with van der Waals surface area (Å²) >= 11 is 0. The van der Waals surface area contributed by atoms with E-state index < -0.39 is 15.6 Å². The molecule has 0 atom stereocenters. The van der Waals surface area contributed by atoms with Crippen LogP contribution in [0.25, 0.3) is 0 Å². The Bertz CT molecular complexity index is 897. The second-order valence-electron chi connectivity index (χ2n) is 8.54. The van der Waals surface area contributed by atoms with Crippen molar-refractivity contribution in [2.45, 2.75) is 51.4 Å². The molecule has 0 unspecified atom stereocenters. The number of fused-ring (bicyclic) bond motifs is 1. The lowest BCUT2D eigenvalue weighted by Crippen LogP contribution is -2.41. The van der Waals surface area contributed by atoms with Crippen molar-refractivity contribution >= 4 is 22.0 Å². The molecule has 2 aliphatic heterocycles. The maximum Gasteiger partial charge on any atom is 0.410 e. The summed E-state index contributed by atoms with van der Waals surface area (Å²) in [4.78, 5) is 13.9. The maximum atomic E-state index is 12.1. The third-order valence-electron chi connectivity index (χ3n) is 4.99. The first-order valence-electron chi connectivity index (χ1n) is 9.85. The molecule has 8 nitrogen and oxygen atoms in total. The highest BCUT2D eigenvalue weighted by Crippen LogP contribution is 2.29. The number of rotatable bonds is 4. The molecule has 1 fully saturated rings. The Balaban J connectivity index is 1.51. The quantitative estimate of drug-likeness (QED) is 0.797. The number of amides is 1. The van der Waals surface area contributed by atoms with Crippen LogP contribution in [0, 0.1) is 5.92 Å². The standard InChI is InChI=1S/C20H29N3O5S/c1-20(2,3)28-19(24)23-10-7-14(8-11-23)9-12-27-16-6-4-5-15-13-29(25,26)22-18(21)17(15)16/h4-6,14H,7-13H2,1-3H3,(H2,21,22). The molecule has 0 aliphatic carbocycles. The molecule has 1 aromatic rings. The minimum Gasteiger partial charge on any atom is -0.493 e. The first-order valence-corrected chi connectivity index (χ1v) is 11.5. The minimum atomic E-state index is -3.56. The Morgan fingerprint density at radius 1 is 1.28 bits per heavy atom. The molecule has 0 aromatic heterocycles. The van der Waals surface area contributed by atoms with Crippen LogP contribution in [0.5, 0.6) is 5.75 Å². The van der Waals surface area contributed by atoms with Gasteiger partial charge in [-0.05, 0) is 57.6 Å². The first-order chi connectivity index (χ1) is 13.5. The fraction of sp³-hybridized carbons (Fsp3) is 0.600. The van der Waals surface area contributed by atoms with Gasteiger partial charge >= 0.3 is 6.09 Å². The lowest BCUT2D eigenvalue weighted by Gasteiger charge is -2.33. The summed E-state index contributed by atoms with van der Waals surface area (Å²) in [5.41, 5.74) is 6.56. The Kier molecular flexibility index (Phi) is 6.07. The number of likely N-dealkylation sites (tertiary alicyclic amines) is 1. The van der Waals surface area contributed by atoms with E-state index in [-0.39, 0.29) is 17.7 Å². The number of piperidine rings is 1. The third kappa shape index (κ3) is 5.62. The normalized spacial score (nSPS) is 19.3. The van der Waals surface area contributed by atoms with Gasteiger partial charge in [-0.25, -0.2) is 13.2 Å². The van der Waals surface area contributed by atoms with Crippen molar-refractivity contribution in [1.82, 2.24) is 4.90 Å². The van der Waals surface area contributed by atoms with E-state index in [9.17, 15) is 13.2 Å². The molecule has 3 rings (SSSR count). The zero-order chi connectivity index (χ0) is 21.2. The van der Waals surface area contributed by atoms with Crippen LogP contribution in [0.15, 0.2) is 22.6 Å². The average Bonchev–Trinajstić information content (AvgIpc) is 2.59. The molecular formula is C20H29N3O5S. The van der Waals surface area contributed by atoms with Gasteiger partial charge in [0.2, 0.25) is 0 Å². The third-order valence-corrected chi connectivity index (χ3v) is 6.14. The molecule has 160 valence electrons. The molecule has 0 radical (unpaired) electrons. The van der Waals surface area contributed by atoms with Gasteiger partial charge in [-0.15, -0.1) is 4.40 Å². The van der Waals surface area contributed by atoms with Gasteiger partial charge in [-0.2, -0.15) is 0 Å². The number of amidine groups is 1. The number of hydrogen-bond donors (Lipinski definition) is 1. The fourth-order valence-electron chi connectivity index (χ4n) is 3.60. The lowest BCUT2D eigenvalue weighted by atomic mass is 9.94. The van der Waals surface area contributed by atoms with Gasteiger partial charge in [0.15, 0.2) is 0 Å².